The molecule has 0 heterocycles. The Morgan fingerprint density at radius 1 is 1.50 bits per heavy atom. The molecule has 0 amide bonds. The molecule has 0 fully saturated rings. The van der Waals surface area contributed by atoms with Crippen molar-refractivity contribution < 1.29 is 13.7 Å². The first-order chi connectivity index (χ1) is 9.43. The summed E-state index contributed by atoms with van der Waals surface area (Å²) in [4.78, 5) is 11.4. The first kappa shape index (κ1) is 17.3. The largest absolute Gasteiger partial charge is 0.465 e. The van der Waals surface area contributed by atoms with Gasteiger partial charge in [0.25, 0.3) is 0 Å². The number of rotatable bonds is 7. The van der Waals surface area contributed by atoms with Gasteiger partial charge in [-0.25, -0.2) is 4.79 Å². The van der Waals surface area contributed by atoms with Gasteiger partial charge in [-0.15, -0.1) is 0 Å². The lowest BCUT2D eigenvalue weighted by atomic mass is 10.1. The zero-order chi connectivity index (χ0) is 15.1. The average molecular weight is 362 g/mol. The molecule has 2 atom stereocenters. The molecule has 1 N–H and O–H groups in total. The Kier molecular flexibility index (Phi) is 7.40. The molecule has 0 radical (unpaired) electrons. The third-order valence-electron chi connectivity index (χ3n) is 2.95. The van der Waals surface area contributed by atoms with Crippen molar-refractivity contribution in [2.75, 3.05) is 19.1 Å². The van der Waals surface area contributed by atoms with Crippen molar-refractivity contribution in [2.45, 2.75) is 25.9 Å². The van der Waals surface area contributed by atoms with Gasteiger partial charge in [0, 0.05) is 39.9 Å². The van der Waals surface area contributed by atoms with Crippen LogP contribution in [0.4, 0.5) is 0 Å². The number of benzene rings is 1. The Bertz CT molecular complexity index is 493. The lowest BCUT2D eigenvalue weighted by Crippen LogP contribution is -2.27. The average Bonchev–Trinajstić information content (AvgIpc) is 2.42. The first-order valence-electron chi connectivity index (χ1n) is 6.34. The van der Waals surface area contributed by atoms with Gasteiger partial charge in [0.05, 0.1) is 12.7 Å². The molecule has 0 bridgehead atoms. The van der Waals surface area contributed by atoms with Crippen LogP contribution < -0.4 is 5.32 Å². The summed E-state index contributed by atoms with van der Waals surface area (Å²) < 4.78 is 16.6. The number of carbonyl (C=O) groups is 1. The normalized spacial score (nSPS) is 13.8. The van der Waals surface area contributed by atoms with Gasteiger partial charge < -0.3 is 10.1 Å². The number of hydrogen-bond acceptors (Lipinski definition) is 4. The van der Waals surface area contributed by atoms with Crippen LogP contribution in [0.2, 0.25) is 0 Å². The minimum Gasteiger partial charge on any atom is -0.465 e. The van der Waals surface area contributed by atoms with Gasteiger partial charge in [-0.1, -0.05) is 22.0 Å². The van der Waals surface area contributed by atoms with E-state index < -0.39 is 10.8 Å². The van der Waals surface area contributed by atoms with E-state index in [1.54, 1.807) is 18.4 Å². The molecule has 0 saturated carbocycles. The number of ether oxygens (including phenoxy) is 1. The molecule has 6 heteroatoms. The van der Waals surface area contributed by atoms with E-state index >= 15 is 0 Å². The summed E-state index contributed by atoms with van der Waals surface area (Å²) in [6.45, 7) is 2.77. The number of nitrogens with one attached hydrogen (secondary N) is 1. The molecule has 0 aliphatic heterocycles. The molecule has 112 valence electrons. The first-order valence-corrected chi connectivity index (χ1v) is 8.86. The number of methoxy groups -OCH3 is 1. The highest BCUT2D eigenvalue weighted by Gasteiger charge is 2.09. The number of esters is 1. The predicted molar refractivity (Wildman–Crippen MR) is 85.3 cm³/mol. The van der Waals surface area contributed by atoms with Crippen LogP contribution in [0.25, 0.3) is 0 Å². The lowest BCUT2D eigenvalue weighted by Gasteiger charge is -2.14. The molecule has 1 aromatic carbocycles. The van der Waals surface area contributed by atoms with E-state index in [4.69, 9.17) is 0 Å². The zero-order valence-corrected chi connectivity index (χ0v) is 14.3. The van der Waals surface area contributed by atoms with Crippen LogP contribution in [0.5, 0.6) is 0 Å². The van der Waals surface area contributed by atoms with Gasteiger partial charge >= 0.3 is 5.97 Å². The van der Waals surface area contributed by atoms with Crippen molar-refractivity contribution in [3.05, 3.63) is 33.8 Å². The Labute approximate surface area is 130 Å². The van der Waals surface area contributed by atoms with E-state index in [0.717, 1.165) is 16.5 Å². The van der Waals surface area contributed by atoms with Crippen LogP contribution in [-0.2, 0) is 22.1 Å². The molecule has 0 aromatic heterocycles. The maximum Gasteiger partial charge on any atom is 0.337 e. The molecule has 0 spiro atoms. The van der Waals surface area contributed by atoms with Crippen molar-refractivity contribution in [2.24, 2.45) is 0 Å². The van der Waals surface area contributed by atoms with Crippen LogP contribution >= 0.6 is 15.9 Å². The zero-order valence-electron chi connectivity index (χ0n) is 11.9. The van der Waals surface area contributed by atoms with Gasteiger partial charge in [-0.05, 0) is 31.0 Å². The maximum absolute atomic E-state index is 11.4. The Morgan fingerprint density at radius 3 is 2.75 bits per heavy atom. The summed E-state index contributed by atoms with van der Waals surface area (Å²) in [7, 11) is 0.617. The summed E-state index contributed by atoms with van der Waals surface area (Å²) in [5.41, 5.74) is 1.60. The minimum absolute atomic E-state index is 0.297. The van der Waals surface area contributed by atoms with E-state index in [1.165, 1.54) is 7.11 Å². The quantitative estimate of drug-likeness (QED) is 0.758. The Hall–Kier alpha value is -0.720. The third kappa shape index (κ3) is 5.73. The molecule has 4 nitrogen and oxygen atoms in total. The van der Waals surface area contributed by atoms with Gasteiger partial charge in [-0.3, -0.25) is 4.21 Å². The number of hydrogen-bond donors (Lipinski definition) is 1. The van der Waals surface area contributed by atoms with Gasteiger partial charge in [0.15, 0.2) is 0 Å². The van der Waals surface area contributed by atoms with Crippen LogP contribution in [-0.4, -0.2) is 35.3 Å². The standard InChI is InChI=1S/C14H20BrNO3S/c1-10(6-7-20(3)18)16-9-12-5-4-11(8-13(12)15)14(17)19-2/h4-5,8,10,16H,6-7,9H2,1-3H3. The molecule has 0 saturated heterocycles. The Balaban J connectivity index is 2.56. The van der Waals surface area contributed by atoms with Crippen molar-refractivity contribution in [1.29, 1.82) is 0 Å². The Morgan fingerprint density at radius 2 is 2.20 bits per heavy atom. The summed E-state index contributed by atoms with van der Waals surface area (Å²) in [6, 6.07) is 5.70. The molecular formula is C14H20BrNO3S. The molecule has 1 rings (SSSR count). The van der Waals surface area contributed by atoms with Crippen molar-refractivity contribution in [3.63, 3.8) is 0 Å². The van der Waals surface area contributed by atoms with Crippen LogP contribution in [0.15, 0.2) is 22.7 Å². The highest BCUT2D eigenvalue weighted by molar-refractivity contribution is 9.10. The monoisotopic (exact) mass is 361 g/mol. The van der Waals surface area contributed by atoms with Crippen molar-refractivity contribution >= 4 is 32.7 Å². The van der Waals surface area contributed by atoms with Crippen LogP contribution in [0.1, 0.15) is 29.3 Å². The van der Waals surface area contributed by atoms with Crippen LogP contribution in [0.3, 0.4) is 0 Å². The van der Waals surface area contributed by atoms with E-state index in [0.29, 0.717) is 23.9 Å². The fourth-order valence-corrected chi connectivity index (χ4v) is 2.87. The second kappa shape index (κ2) is 8.54. The molecule has 2 unspecified atom stereocenters. The van der Waals surface area contributed by atoms with E-state index in [1.807, 2.05) is 6.07 Å². The maximum atomic E-state index is 11.4. The lowest BCUT2D eigenvalue weighted by molar-refractivity contribution is 0.0600. The smallest absolute Gasteiger partial charge is 0.337 e. The van der Waals surface area contributed by atoms with E-state index in [9.17, 15) is 9.00 Å². The molecule has 0 aliphatic rings. The predicted octanol–water partition coefficient (Wildman–Crippen LogP) is 2.48. The summed E-state index contributed by atoms with van der Waals surface area (Å²) in [5.74, 6) is 0.361. The summed E-state index contributed by atoms with van der Waals surface area (Å²) >= 11 is 3.46. The molecule has 0 aliphatic carbocycles. The molecule has 1 aromatic rings. The summed E-state index contributed by atoms with van der Waals surface area (Å²) in [5, 5.41) is 3.38. The fourth-order valence-electron chi connectivity index (χ4n) is 1.66. The topological polar surface area (TPSA) is 55.4 Å². The second-order valence-electron chi connectivity index (χ2n) is 4.65. The van der Waals surface area contributed by atoms with Gasteiger partial charge in [0.1, 0.15) is 0 Å². The van der Waals surface area contributed by atoms with Crippen LogP contribution in [0, 0.1) is 0 Å². The highest BCUT2D eigenvalue weighted by atomic mass is 79.9. The second-order valence-corrected chi connectivity index (χ2v) is 7.05. The van der Waals surface area contributed by atoms with Gasteiger partial charge in [-0.2, -0.15) is 0 Å². The van der Waals surface area contributed by atoms with Crippen molar-refractivity contribution in [3.8, 4) is 0 Å². The molecular weight excluding hydrogens is 342 g/mol. The number of carbonyl (C=O) groups excluding carboxylic acids is 1. The summed E-state index contributed by atoms with van der Waals surface area (Å²) in [6.07, 6.45) is 2.59. The SMILES string of the molecule is COC(=O)c1ccc(CNC(C)CCS(C)=O)c(Br)c1. The number of halogens is 1. The van der Waals surface area contributed by atoms with Crippen molar-refractivity contribution in [1.82, 2.24) is 5.32 Å². The van der Waals surface area contributed by atoms with E-state index in [-0.39, 0.29) is 5.97 Å². The van der Waals surface area contributed by atoms with Gasteiger partial charge in [0.2, 0.25) is 0 Å². The third-order valence-corrected chi connectivity index (χ3v) is 4.50. The highest BCUT2D eigenvalue weighted by Crippen LogP contribution is 2.19. The minimum atomic E-state index is -0.749. The molecule has 20 heavy (non-hydrogen) atoms. The van der Waals surface area contributed by atoms with E-state index in [2.05, 4.69) is 32.9 Å². The fraction of sp³-hybridized carbons (Fsp3) is 0.500.